The standard InChI is InChI=1S/C20H20N8OS/c1-12-10-17(26-20-23-7-9-30-20)25-19(24-12)28-8-3-4-15(28)16-11-14(27-29-16)18-13(2)21-5-6-22-18/h5-7,9-11,15H,3-4,8H2,1-2H3,(H,23,24,25,26). The summed E-state index contributed by atoms with van der Waals surface area (Å²) in [6, 6.07) is 3.89. The average Bonchev–Trinajstić information content (AvgIpc) is 3.49. The van der Waals surface area contributed by atoms with Crippen LogP contribution >= 0.6 is 11.3 Å². The van der Waals surface area contributed by atoms with E-state index in [4.69, 9.17) is 9.51 Å². The van der Waals surface area contributed by atoms with Crippen molar-refractivity contribution in [2.45, 2.75) is 32.7 Å². The normalized spacial score (nSPS) is 16.2. The molecule has 1 aliphatic rings. The van der Waals surface area contributed by atoms with Crippen LogP contribution in [0.25, 0.3) is 11.4 Å². The predicted molar refractivity (Wildman–Crippen MR) is 114 cm³/mol. The lowest BCUT2D eigenvalue weighted by Gasteiger charge is -2.23. The Labute approximate surface area is 177 Å². The van der Waals surface area contributed by atoms with Crippen molar-refractivity contribution in [3.8, 4) is 11.4 Å². The summed E-state index contributed by atoms with van der Waals surface area (Å²) >= 11 is 1.53. The minimum absolute atomic E-state index is 0.0257. The highest BCUT2D eigenvalue weighted by Gasteiger charge is 2.32. The highest BCUT2D eigenvalue weighted by atomic mass is 32.1. The van der Waals surface area contributed by atoms with Crippen LogP contribution in [0.4, 0.5) is 16.9 Å². The second kappa shape index (κ2) is 7.79. The maximum atomic E-state index is 5.72. The molecule has 5 heterocycles. The molecule has 0 saturated carbocycles. The molecule has 1 fully saturated rings. The van der Waals surface area contributed by atoms with E-state index in [-0.39, 0.29) is 6.04 Å². The van der Waals surface area contributed by atoms with Crippen molar-refractivity contribution >= 4 is 28.2 Å². The van der Waals surface area contributed by atoms with Gasteiger partial charge in [-0.3, -0.25) is 9.97 Å². The van der Waals surface area contributed by atoms with E-state index < -0.39 is 0 Å². The Kier molecular flexibility index (Phi) is 4.83. The predicted octanol–water partition coefficient (Wildman–Crippen LogP) is 4.08. The third-order valence-electron chi connectivity index (χ3n) is 5.00. The summed E-state index contributed by atoms with van der Waals surface area (Å²) in [5, 5.41) is 10.2. The van der Waals surface area contributed by atoms with Crippen LogP contribution in [0.3, 0.4) is 0 Å². The maximum Gasteiger partial charge on any atom is 0.228 e. The SMILES string of the molecule is Cc1cc(Nc2nccs2)nc(N2CCCC2c2cc(-c3nccnc3C)no2)n1. The number of nitrogens with zero attached hydrogens (tertiary/aromatic N) is 7. The minimum Gasteiger partial charge on any atom is -0.358 e. The van der Waals surface area contributed by atoms with E-state index in [1.54, 1.807) is 18.6 Å². The van der Waals surface area contributed by atoms with Crippen molar-refractivity contribution in [1.29, 1.82) is 0 Å². The van der Waals surface area contributed by atoms with Crippen LogP contribution in [0.1, 0.15) is 36.0 Å². The Morgan fingerprint density at radius 2 is 2.00 bits per heavy atom. The van der Waals surface area contributed by atoms with Gasteiger partial charge in [0.25, 0.3) is 0 Å². The van der Waals surface area contributed by atoms with Crippen LogP contribution < -0.4 is 10.2 Å². The zero-order valence-electron chi connectivity index (χ0n) is 16.6. The van der Waals surface area contributed by atoms with Crippen LogP contribution in [0.15, 0.2) is 40.6 Å². The van der Waals surface area contributed by atoms with Crippen LogP contribution in [0.2, 0.25) is 0 Å². The Morgan fingerprint density at radius 3 is 2.83 bits per heavy atom. The molecule has 1 unspecified atom stereocenters. The number of aryl methyl sites for hydroxylation is 2. The number of rotatable bonds is 5. The van der Waals surface area contributed by atoms with Crippen LogP contribution in [0.5, 0.6) is 0 Å². The molecule has 1 atom stereocenters. The van der Waals surface area contributed by atoms with Gasteiger partial charge >= 0.3 is 0 Å². The second-order valence-corrected chi connectivity index (χ2v) is 8.01. The Balaban J connectivity index is 1.43. The molecule has 1 aliphatic heterocycles. The molecule has 10 heteroatoms. The molecule has 152 valence electrons. The summed E-state index contributed by atoms with van der Waals surface area (Å²) in [5.74, 6) is 2.18. The van der Waals surface area contributed by atoms with Crippen LogP contribution in [0, 0.1) is 13.8 Å². The molecule has 1 N–H and O–H groups in total. The monoisotopic (exact) mass is 420 g/mol. The molecule has 0 spiro atoms. The van der Waals surface area contributed by atoms with Gasteiger partial charge in [-0.05, 0) is 26.7 Å². The van der Waals surface area contributed by atoms with E-state index in [0.717, 1.165) is 53.2 Å². The van der Waals surface area contributed by atoms with Crippen LogP contribution in [-0.2, 0) is 0 Å². The first-order valence-electron chi connectivity index (χ1n) is 9.71. The van der Waals surface area contributed by atoms with Gasteiger partial charge in [-0.2, -0.15) is 4.98 Å². The second-order valence-electron chi connectivity index (χ2n) is 7.11. The zero-order chi connectivity index (χ0) is 20.5. The first-order valence-corrected chi connectivity index (χ1v) is 10.6. The van der Waals surface area contributed by atoms with Gasteiger partial charge in [0.2, 0.25) is 5.95 Å². The first kappa shape index (κ1) is 18.6. The summed E-state index contributed by atoms with van der Waals surface area (Å²) in [4.78, 5) is 24.5. The van der Waals surface area contributed by atoms with Crippen molar-refractivity contribution in [2.75, 3.05) is 16.8 Å². The topological polar surface area (TPSA) is 106 Å². The fourth-order valence-electron chi connectivity index (χ4n) is 3.66. The van der Waals surface area contributed by atoms with E-state index in [1.165, 1.54) is 11.3 Å². The lowest BCUT2D eigenvalue weighted by Crippen LogP contribution is -2.25. The zero-order valence-corrected chi connectivity index (χ0v) is 17.4. The molecule has 5 rings (SSSR count). The van der Waals surface area contributed by atoms with Gasteiger partial charge in [0.1, 0.15) is 17.2 Å². The summed E-state index contributed by atoms with van der Waals surface area (Å²) in [7, 11) is 0. The third kappa shape index (κ3) is 3.61. The number of nitrogens with one attached hydrogen (secondary N) is 1. The molecule has 0 aliphatic carbocycles. The van der Waals surface area contributed by atoms with E-state index in [9.17, 15) is 0 Å². The van der Waals surface area contributed by atoms with Gasteiger partial charge in [0, 0.05) is 48.3 Å². The van der Waals surface area contributed by atoms with Crippen LogP contribution in [-0.4, -0.2) is 36.6 Å². The van der Waals surface area contributed by atoms with E-state index in [0.29, 0.717) is 11.6 Å². The Bertz CT molecular complexity index is 1160. The van der Waals surface area contributed by atoms with E-state index in [1.807, 2.05) is 31.4 Å². The molecular weight excluding hydrogens is 400 g/mol. The van der Waals surface area contributed by atoms with Gasteiger partial charge in [0.05, 0.1) is 11.7 Å². The number of hydrogen-bond donors (Lipinski definition) is 1. The number of hydrogen-bond acceptors (Lipinski definition) is 10. The van der Waals surface area contributed by atoms with Crippen molar-refractivity contribution in [3.63, 3.8) is 0 Å². The highest BCUT2D eigenvalue weighted by Crippen LogP contribution is 2.36. The molecule has 1 saturated heterocycles. The van der Waals surface area contributed by atoms with Gasteiger partial charge in [-0.15, -0.1) is 11.3 Å². The molecule has 0 bridgehead atoms. The molecule has 4 aromatic rings. The maximum absolute atomic E-state index is 5.72. The largest absolute Gasteiger partial charge is 0.358 e. The Morgan fingerprint density at radius 1 is 1.10 bits per heavy atom. The molecule has 4 aromatic heterocycles. The number of thiazole rings is 1. The van der Waals surface area contributed by atoms with Crippen molar-refractivity contribution in [1.82, 2.24) is 30.1 Å². The average molecular weight is 421 g/mol. The summed E-state index contributed by atoms with van der Waals surface area (Å²) in [6.07, 6.45) is 7.07. The summed E-state index contributed by atoms with van der Waals surface area (Å²) < 4.78 is 5.72. The molecule has 9 nitrogen and oxygen atoms in total. The fourth-order valence-corrected chi connectivity index (χ4v) is 4.19. The summed E-state index contributed by atoms with van der Waals surface area (Å²) in [5.41, 5.74) is 3.14. The van der Waals surface area contributed by atoms with E-state index in [2.05, 4.69) is 35.3 Å². The molecular formula is C20H20N8OS. The van der Waals surface area contributed by atoms with Gasteiger partial charge in [-0.25, -0.2) is 9.97 Å². The molecule has 0 radical (unpaired) electrons. The lowest BCUT2D eigenvalue weighted by molar-refractivity contribution is 0.362. The Hall–Kier alpha value is -3.40. The number of aromatic nitrogens is 6. The number of anilines is 3. The van der Waals surface area contributed by atoms with Crippen molar-refractivity contribution in [2.24, 2.45) is 0 Å². The van der Waals surface area contributed by atoms with Gasteiger partial charge in [-0.1, -0.05) is 5.16 Å². The fraction of sp³-hybridized carbons (Fsp3) is 0.300. The molecule has 0 amide bonds. The molecule has 0 aromatic carbocycles. The van der Waals surface area contributed by atoms with Crippen molar-refractivity contribution < 1.29 is 4.52 Å². The smallest absolute Gasteiger partial charge is 0.228 e. The minimum atomic E-state index is 0.0257. The van der Waals surface area contributed by atoms with Gasteiger partial charge in [0.15, 0.2) is 10.9 Å². The van der Waals surface area contributed by atoms with Gasteiger partial charge < -0.3 is 14.7 Å². The first-order chi connectivity index (χ1) is 14.7. The quantitative estimate of drug-likeness (QED) is 0.511. The summed E-state index contributed by atoms with van der Waals surface area (Å²) in [6.45, 7) is 4.73. The third-order valence-corrected chi connectivity index (χ3v) is 5.69. The highest BCUT2D eigenvalue weighted by molar-refractivity contribution is 7.13. The lowest BCUT2D eigenvalue weighted by atomic mass is 10.1. The molecule has 30 heavy (non-hydrogen) atoms. The van der Waals surface area contributed by atoms with Crippen molar-refractivity contribution in [3.05, 3.63) is 53.3 Å². The van der Waals surface area contributed by atoms with E-state index >= 15 is 0 Å².